The average Bonchev–Trinajstić information content (AvgIpc) is 2.88. The molecule has 1 aromatic carbocycles. The Hall–Kier alpha value is -1.10. The standard InChI is InChI=1S/C16H25N3O.ClH/c1-4-13-7-5-6-12(2)16(13)18-15(20)11-19-9-8-14(10-19)17-3;/h5-7,14,17H,4,8-11H2,1-3H3,(H,18,20);1H. The van der Waals surface area contributed by atoms with Crippen molar-refractivity contribution in [2.24, 2.45) is 0 Å². The third-order valence-electron chi connectivity index (χ3n) is 4.05. The molecule has 2 rings (SSSR count). The summed E-state index contributed by atoms with van der Waals surface area (Å²) < 4.78 is 0. The fraction of sp³-hybridized carbons (Fsp3) is 0.562. The van der Waals surface area contributed by atoms with Gasteiger partial charge in [-0.2, -0.15) is 0 Å². The maximum Gasteiger partial charge on any atom is 0.238 e. The monoisotopic (exact) mass is 311 g/mol. The number of halogens is 1. The normalized spacial score (nSPS) is 18.3. The van der Waals surface area contributed by atoms with E-state index in [0.29, 0.717) is 12.6 Å². The summed E-state index contributed by atoms with van der Waals surface area (Å²) in [5.41, 5.74) is 3.32. The van der Waals surface area contributed by atoms with Gasteiger partial charge in [0.15, 0.2) is 0 Å². The Morgan fingerprint density at radius 3 is 2.81 bits per heavy atom. The van der Waals surface area contributed by atoms with Gasteiger partial charge in [0.1, 0.15) is 0 Å². The second kappa shape index (κ2) is 8.37. The van der Waals surface area contributed by atoms with Crippen LogP contribution in [0.4, 0.5) is 5.69 Å². The number of nitrogens with one attached hydrogen (secondary N) is 2. The number of aryl methyl sites for hydroxylation is 2. The molecule has 1 fully saturated rings. The molecule has 1 amide bonds. The summed E-state index contributed by atoms with van der Waals surface area (Å²) in [6.45, 7) is 6.59. The van der Waals surface area contributed by atoms with Crippen LogP contribution in [0.3, 0.4) is 0 Å². The number of para-hydroxylation sites is 1. The molecule has 4 nitrogen and oxygen atoms in total. The topological polar surface area (TPSA) is 44.4 Å². The van der Waals surface area contributed by atoms with Crippen LogP contribution in [0, 0.1) is 6.92 Å². The van der Waals surface area contributed by atoms with E-state index in [0.717, 1.165) is 37.2 Å². The van der Waals surface area contributed by atoms with Crippen LogP contribution >= 0.6 is 12.4 Å². The molecule has 118 valence electrons. The van der Waals surface area contributed by atoms with Crippen LogP contribution in [-0.2, 0) is 11.2 Å². The third-order valence-corrected chi connectivity index (χ3v) is 4.05. The van der Waals surface area contributed by atoms with Gasteiger partial charge >= 0.3 is 0 Å². The zero-order valence-electron chi connectivity index (χ0n) is 13.1. The highest BCUT2D eigenvalue weighted by Gasteiger charge is 2.22. The number of nitrogens with zero attached hydrogens (tertiary/aromatic N) is 1. The van der Waals surface area contributed by atoms with E-state index in [-0.39, 0.29) is 18.3 Å². The van der Waals surface area contributed by atoms with Gasteiger partial charge < -0.3 is 10.6 Å². The quantitative estimate of drug-likeness (QED) is 0.876. The molecule has 5 heteroatoms. The van der Waals surface area contributed by atoms with Crippen molar-refractivity contribution in [3.05, 3.63) is 29.3 Å². The Morgan fingerprint density at radius 2 is 2.19 bits per heavy atom. The lowest BCUT2D eigenvalue weighted by atomic mass is 10.1. The van der Waals surface area contributed by atoms with Crippen molar-refractivity contribution in [3.8, 4) is 0 Å². The first kappa shape index (κ1) is 18.0. The number of amides is 1. The summed E-state index contributed by atoms with van der Waals surface area (Å²) >= 11 is 0. The van der Waals surface area contributed by atoms with Crippen molar-refractivity contribution < 1.29 is 4.79 Å². The highest BCUT2D eigenvalue weighted by atomic mass is 35.5. The largest absolute Gasteiger partial charge is 0.324 e. The molecule has 0 aromatic heterocycles. The number of likely N-dealkylation sites (tertiary alicyclic amines) is 1. The van der Waals surface area contributed by atoms with E-state index < -0.39 is 0 Å². The molecule has 1 aliphatic rings. The SMILES string of the molecule is CCc1cccc(C)c1NC(=O)CN1CCC(NC)C1.Cl. The maximum atomic E-state index is 12.2. The zero-order chi connectivity index (χ0) is 14.5. The van der Waals surface area contributed by atoms with Gasteiger partial charge in [-0.25, -0.2) is 0 Å². The lowest BCUT2D eigenvalue weighted by Gasteiger charge is -2.17. The van der Waals surface area contributed by atoms with E-state index in [1.165, 1.54) is 5.56 Å². The number of hydrogen-bond acceptors (Lipinski definition) is 3. The number of rotatable bonds is 5. The lowest BCUT2D eigenvalue weighted by Crippen LogP contribution is -2.35. The van der Waals surface area contributed by atoms with Gasteiger partial charge in [-0.3, -0.25) is 9.69 Å². The fourth-order valence-corrected chi connectivity index (χ4v) is 2.80. The summed E-state index contributed by atoms with van der Waals surface area (Å²) in [4.78, 5) is 14.4. The minimum atomic E-state index is 0. The number of carbonyl (C=O) groups is 1. The maximum absolute atomic E-state index is 12.2. The van der Waals surface area contributed by atoms with Crippen LogP contribution in [-0.4, -0.2) is 43.5 Å². The molecule has 0 saturated carbocycles. The number of benzene rings is 1. The molecule has 0 spiro atoms. The van der Waals surface area contributed by atoms with Gasteiger partial charge in [0.25, 0.3) is 0 Å². The number of hydrogen-bond donors (Lipinski definition) is 2. The van der Waals surface area contributed by atoms with Gasteiger partial charge in [-0.1, -0.05) is 25.1 Å². The first-order valence-electron chi connectivity index (χ1n) is 7.42. The smallest absolute Gasteiger partial charge is 0.238 e. The molecule has 0 radical (unpaired) electrons. The Bertz CT molecular complexity index is 479. The van der Waals surface area contributed by atoms with Crippen LogP contribution in [0.15, 0.2) is 18.2 Å². The highest BCUT2D eigenvalue weighted by molar-refractivity contribution is 5.93. The molecule has 1 aromatic rings. The Morgan fingerprint density at radius 1 is 1.43 bits per heavy atom. The average molecular weight is 312 g/mol. The summed E-state index contributed by atoms with van der Waals surface area (Å²) in [5.74, 6) is 0.0887. The van der Waals surface area contributed by atoms with Crippen molar-refractivity contribution in [2.75, 3.05) is 32.0 Å². The first-order valence-corrected chi connectivity index (χ1v) is 7.42. The van der Waals surface area contributed by atoms with E-state index in [2.05, 4.69) is 28.5 Å². The Balaban J connectivity index is 0.00000220. The molecular weight excluding hydrogens is 286 g/mol. The van der Waals surface area contributed by atoms with Gasteiger partial charge in [0, 0.05) is 24.8 Å². The minimum absolute atomic E-state index is 0. The van der Waals surface area contributed by atoms with Crippen molar-refractivity contribution >= 4 is 24.0 Å². The molecule has 1 saturated heterocycles. The van der Waals surface area contributed by atoms with E-state index in [1.807, 2.05) is 26.1 Å². The minimum Gasteiger partial charge on any atom is -0.324 e. The van der Waals surface area contributed by atoms with Crippen molar-refractivity contribution in [3.63, 3.8) is 0 Å². The Kier molecular flexibility index (Phi) is 7.15. The Labute approximate surface area is 133 Å². The number of likely N-dealkylation sites (N-methyl/N-ethyl adjacent to an activating group) is 1. The molecule has 1 aliphatic heterocycles. The molecule has 1 heterocycles. The van der Waals surface area contributed by atoms with E-state index >= 15 is 0 Å². The molecule has 21 heavy (non-hydrogen) atoms. The molecular formula is C16H26ClN3O. The van der Waals surface area contributed by atoms with Crippen LogP contribution in [0.2, 0.25) is 0 Å². The summed E-state index contributed by atoms with van der Waals surface area (Å²) in [5, 5.41) is 6.36. The van der Waals surface area contributed by atoms with Gasteiger partial charge in [0.05, 0.1) is 6.54 Å². The van der Waals surface area contributed by atoms with Crippen molar-refractivity contribution in [1.82, 2.24) is 10.2 Å². The highest BCUT2D eigenvalue weighted by Crippen LogP contribution is 2.21. The fourth-order valence-electron chi connectivity index (χ4n) is 2.80. The zero-order valence-corrected chi connectivity index (χ0v) is 13.9. The summed E-state index contributed by atoms with van der Waals surface area (Å²) in [7, 11) is 1.98. The van der Waals surface area contributed by atoms with Crippen molar-refractivity contribution in [1.29, 1.82) is 0 Å². The van der Waals surface area contributed by atoms with Crippen molar-refractivity contribution in [2.45, 2.75) is 32.7 Å². The predicted molar refractivity (Wildman–Crippen MR) is 90.3 cm³/mol. The summed E-state index contributed by atoms with van der Waals surface area (Å²) in [6, 6.07) is 6.69. The number of anilines is 1. The third kappa shape index (κ3) is 4.70. The van der Waals surface area contributed by atoms with E-state index in [4.69, 9.17) is 0 Å². The van der Waals surface area contributed by atoms with Gasteiger partial charge in [-0.05, 0) is 37.9 Å². The molecule has 1 unspecified atom stereocenters. The van der Waals surface area contributed by atoms with Gasteiger partial charge in [0.2, 0.25) is 5.91 Å². The predicted octanol–water partition coefficient (Wildman–Crippen LogP) is 2.21. The second-order valence-corrected chi connectivity index (χ2v) is 5.52. The summed E-state index contributed by atoms with van der Waals surface area (Å²) in [6.07, 6.45) is 2.05. The van der Waals surface area contributed by atoms with Crippen LogP contribution < -0.4 is 10.6 Å². The van der Waals surface area contributed by atoms with Crippen LogP contribution in [0.1, 0.15) is 24.5 Å². The van der Waals surface area contributed by atoms with E-state index in [1.54, 1.807) is 0 Å². The van der Waals surface area contributed by atoms with Crippen LogP contribution in [0.25, 0.3) is 0 Å². The molecule has 0 aliphatic carbocycles. The van der Waals surface area contributed by atoms with Crippen LogP contribution in [0.5, 0.6) is 0 Å². The molecule has 1 atom stereocenters. The van der Waals surface area contributed by atoms with Gasteiger partial charge in [-0.15, -0.1) is 12.4 Å². The lowest BCUT2D eigenvalue weighted by molar-refractivity contribution is -0.117. The van der Waals surface area contributed by atoms with E-state index in [9.17, 15) is 4.79 Å². The molecule has 0 bridgehead atoms. The first-order chi connectivity index (χ1) is 9.63. The number of carbonyl (C=O) groups excluding carboxylic acids is 1. The molecule has 2 N–H and O–H groups in total. The second-order valence-electron chi connectivity index (χ2n) is 5.52.